The highest BCUT2D eigenvalue weighted by Crippen LogP contribution is 2.46. The van der Waals surface area contributed by atoms with Crippen LogP contribution in [-0.2, 0) is 4.79 Å². The maximum atomic E-state index is 12.5. The Labute approximate surface area is 176 Å². The normalized spacial score (nSPS) is 22.8. The summed E-state index contributed by atoms with van der Waals surface area (Å²) in [6, 6.07) is 4.10. The summed E-state index contributed by atoms with van der Waals surface area (Å²) in [5, 5.41) is 0.328. The fourth-order valence-corrected chi connectivity index (χ4v) is 5.26. The van der Waals surface area contributed by atoms with Crippen LogP contribution in [0.15, 0.2) is 29.7 Å². The Hall–Kier alpha value is -1.72. The van der Waals surface area contributed by atoms with E-state index in [0.29, 0.717) is 15.8 Å². The van der Waals surface area contributed by atoms with E-state index in [9.17, 15) is 9.59 Å². The second-order valence-corrected chi connectivity index (χ2v) is 9.48. The van der Waals surface area contributed by atoms with E-state index in [0.717, 1.165) is 36.7 Å². The van der Waals surface area contributed by atoms with Crippen molar-refractivity contribution in [2.24, 2.45) is 0 Å². The molecule has 2 heterocycles. The number of hydrogen-bond donors (Lipinski definition) is 0. The number of rotatable bonds is 5. The third-order valence-electron chi connectivity index (χ3n) is 5.42. The first kappa shape index (κ1) is 21.0. The van der Waals surface area contributed by atoms with E-state index in [-0.39, 0.29) is 23.2 Å². The third-order valence-corrected chi connectivity index (χ3v) is 6.66. The number of carbonyl (C=O) groups is 2. The molecule has 1 saturated heterocycles. The molecule has 0 aromatic heterocycles. The minimum absolute atomic E-state index is 0.0701. The molecule has 3 rings (SSSR count). The van der Waals surface area contributed by atoms with Gasteiger partial charge in [-0.3, -0.25) is 14.5 Å². The van der Waals surface area contributed by atoms with Crippen LogP contribution in [0.3, 0.4) is 0 Å². The largest absolute Gasteiger partial charge is 0.366 e. The highest BCUT2D eigenvalue weighted by Gasteiger charge is 2.37. The molecule has 4 nitrogen and oxygen atoms in total. The molecule has 2 amide bonds. The van der Waals surface area contributed by atoms with Gasteiger partial charge >= 0.3 is 0 Å². The van der Waals surface area contributed by atoms with Gasteiger partial charge in [-0.2, -0.15) is 0 Å². The van der Waals surface area contributed by atoms with Crippen LogP contribution >= 0.6 is 23.4 Å². The number of imide groups is 1. The van der Waals surface area contributed by atoms with Gasteiger partial charge in [0.05, 0.1) is 4.91 Å². The maximum Gasteiger partial charge on any atom is 0.293 e. The quantitative estimate of drug-likeness (QED) is 0.430. The number of halogens is 1. The van der Waals surface area contributed by atoms with Crippen LogP contribution in [0.2, 0.25) is 5.02 Å². The molecule has 2 aliphatic heterocycles. The van der Waals surface area contributed by atoms with Gasteiger partial charge < -0.3 is 4.90 Å². The molecule has 0 N–H and O–H groups in total. The van der Waals surface area contributed by atoms with E-state index in [1.165, 1.54) is 16.2 Å². The topological polar surface area (TPSA) is 40.6 Å². The van der Waals surface area contributed by atoms with E-state index < -0.39 is 0 Å². The number of fused-ring (bicyclic) bond motifs is 1. The summed E-state index contributed by atoms with van der Waals surface area (Å²) < 4.78 is 0. The average molecular weight is 419 g/mol. The number of amides is 2. The molecule has 2 aliphatic rings. The van der Waals surface area contributed by atoms with Gasteiger partial charge in [0.2, 0.25) is 0 Å². The van der Waals surface area contributed by atoms with Gasteiger partial charge in [0.1, 0.15) is 0 Å². The van der Waals surface area contributed by atoms with Crippen molar-refractivity contribution in [1.82, 2.24) is 4.90 Å². The van der Waals surface area contributed by atoms with E-state index in [1.807, 2.05) is 6.07 Å². The number of benzene rings is 1. The Kier molecular flexibility index (Phi) is 5.97. The molecule has 0 spiro atoms. The summed E-state index contributed by atoms with van der Waals surface area (Å²) in [6.45, 7) is 13.8. The lowest BCUT2D eigenvalue weighted by Gasteiger charge is -2.47. The molecule has 0 saturated carbocycles. The van der Waals surface area contributed by atoms with Crippen LogP contribution in [0.25, 0.3) is 6.08 Å². The Morgan fingerprint density at radius 3 is 2.71 bits per heavy atom. The predicted octanol–water partition coefficient (Wildman–Crippen LogP) is 6.06. The van der Waals surface area contributed by atoms with Crippen LogP contribution < -0.4 is 4.90 Å². The molecular formula is C22H27ClN2O2S. The van der Waals surface area contributed by atoms with Gasteiger partial charge in [-0.1, -0.05) is 31.5 Å². The van der Waals surface area contributed by atoms with Crippen molar-refractivity contribution in [2.45, 2.75) is 52.0 Å². The van der Waals surface area contributed by atoms with Crippen LogP contribution in [0, 0.1) is 0 Å². The Balaban J connectivity index is 2.02. The smallest absolute Gasteiger partial charge is 0.293 e. The molecule has 0 radical (unpaired) electrons. The van der Waals surface area contributed by atoms with Crippen molar-refractivity contribution in [2.75, 3.05) is 18.0 Å². The van der Waals surface area contributed by atoms with Crippen LogP contribution in [0.1, 0.15) is 57.6 Å². The summed E-state index contributed by atoms with van der Waals surface area (Å²) >= 11 is 7.57. The molecule has 1 aromatic carbocycles. The molecule has 0 bridgehead atoms. The van der Waals surface area contributed by atoms with Crippen molar-refractivity contribution in [3.8, 4) is 0 Å². The lowest BCUT2D eigenvalue weighted by atomic mass is 9.79. The first-order chi connectivity index (χ1) is 13.2. The highest BCUT2D eigenvalue weighted by molar-refractivity contribution is 8.18. The summed E-state index contributed by atoms with van der Waals surface area (Å²) in [5.41, 5.74) is 3.27. The van der Waals surface area contributed by atoms with Crippen molar-refractivity contribution in [3.05, 3.63) is 45.8 Å². The van der Waals surface area contributed by atoms with Crippen molar-refractivity contribution in [1.29, 1.82) is 0 Å². The summed E-state index contributed by atoms with van der Waals surface area (Å²) in [6.07, 6.45) is 5.41. The lowest BCUT2D eigenvalue weighted by Crippen LogP contribution is -2.48. The molecule has 1 aromatic rings. The van der Waals surface area contributed by atoms with Crippen molar-refractivity contribution >= 4 is 46.3 Å². The Bertz CT molecular complexity index is 862. The first-order valence-electron chi connectivity index (χ1n) is 9.67. The van der Waals surface area contributed by atoms with Crippen LogP contribution in [0.5, 0.6) is 0 Å². The number of anilines is 1. The van der Waals surface area contributed by atoms with E-state index in [1.54, 1.807) is 12.2 Å². The van der Waals surface area contributed by atoms with Gasteiger partial charge in [0.15, 0.2) is 0 Å². The number of hydrogen-bond acceptors (Lipinski definition) is 4. The van der Waals surface area contributed by atoms with Crippen LogP contribution in [-0.4, -0.2) is 34.7 Å². The van der Waals surface area contributed by atoms with Gasteiger partial charge in [-0.15, -0.1) is 6.58 Å². The second kappa shape index (κ2) is 7.96. The fraction of sp³-hybridized carbons (Fsp3) is 0.455. The van der Waals surface area contributed by atoms with Crippen molar-refractivity contribution in [3.63, 3.8) is 0 Å². The minimum atomic E-state index is -0.287. The van der Waals surface area contributed by atoms with Gasteiger partial charge in [0, 0.05) is 29.3 Å². The van der Waals surface area contributed by atoms with Crippen LogP contribution in [0.4, 0.5) is 10.5 Å². The number of thioether (sulfide) groups is 1. The zero-order valence-corrected chi connectivity index (χ0v) is 18.5. The van der Waals surface area contributed by atoms with E-state index >= 15 is 0 Å². The van der Waals surface area contributed by atoms with Crippen molar-refractivity contribution < 1.29 is 9.59 Å². The predicted molar refractivity (Wildman–Crippen MR) is 119 cm³/mol. The first-order valence-corrected chi connectivity index (χ1v) is 10.9. The Morgan fingerprint density at radius 2 is 2.07 bits per heavy atom. The zero-order chi connectivity index (χ0) is 20.6. The second-order valence-electron chi connectivity index (χ2n) is 8.08. The molecule has 1 fully saturated rings. The van der Waals surface area contributed by atoms with E-state index in [2.05, 4.69) is 45.2 Å². The molecule has 0 aliphatic carbocycles. The standard InChI is InChI=1S/C22H27ClN2O2S/c1-6-8-24-20(26)19(28-21(24)27)11-15-10-16-14(3)13-22(4,5)25(9-7-2)18(16)12-17(15)23/h6,10-12,14H,1,7-9,13H2,2-5H3/b19-11+. The summed E-state index contributed by atoms with van der Waals surface area (Å²) in [5.74, 6) is 0.101. The fourth-order valence-electron chi connectivity index (χ4n) is 4.21. The van der Waals surface area contributed by atoms with E-state index in [4.69, 9.17) is 11.6 Å². The van der Waals surface area contributed by atoms with Gasteiger partial charge in [-0.25, -0.2) is 0 Å². The number of carbonyl (C=O) groups excluding carboxylic acids is 2. The maximum absolute atomic E-state index is 12.5. The SMILES string of the molecule is C=CCN1C(=O)S/C(=C/c2cc3c(cc2Cl)N(CCC)C(C)(C)CC3C)C1=O. The lowest BCUT2D eigenvalue weighted by molar-refractivity contribution is -0.122. The monoisotopic (exact) mass is 418 g/mol. The summed E-state index contributed by atoms with van der Waals surface area (Å²) in [7, 11) is 0. The molecule has 1 unspecified atom stereocenters. The van der Waals surface area contributed by atoms with Gasteiger partial charge in [-0.05, 0) is 73.7 Å². The number of nitrogens with zero attached hydrogens (tertiary/aromatic N) is 2. The molecule has 28 heavy (non-hydrogen) atoms. The average Bonchev–Trinajstić information content (AvgIpc) is 2.87. The minimum Gasteiger partial charge on any atom is -0.366 e. The summed E-state index contributed by atoms with van der Waals surface area (Å²) in [4.78, 5) is 28.6. The zero-order valence-electron chi connectivity index (χ0n) is 16.9. The third kappa shape index (κ3) is 3.74. The molecular weight excluding hydrogens is 392 g/mol. The van der Waals surface area contributed by atoms with Gasteiger partial charge in [0.25, 0.3) is 11.1 Å². The Morgan fingerprint density at radius 1 is 1.36 bits per heavy atom. The molecule has 150 valence electrons. The molecule has 1 atom stereocenters. The highest BCUT2D eigenvalue weighted by atomic mass is 35.5. The molecule has 6 heteroatoms.